The van der Waals surface area contributed by atoms with Crippen LogP contribution >= 0.6 is 22.9 Å². The van der Waals surface area contributed by atoms with Crippen molar-refractivity contribution in [3.8, 4) is 0 Å². The van der Waals surface area contributed by atoms with Gasteiger partial charge in [0.05, 0.1) is 0 Å². The molecule has 1 amide bonds. The Morgan fingerprint density at radius 2 is 2.19 bits per heavy atom. The van der Waals surface area contributed by atoms with Crippen molar-refractivity contribution in [3.63, 3.8) is 0 Å². The molecule has 1 aliphatic heterocycles. The average Bonchev–Trinajstić information content (AvgIpc) is 2.97. The van der Waals surface area contributed by atoms with Crippen LogP contribution in [0.2, 0.25) is 0 Å². The lowest BCUT2D eigenvalue weighted by atomic mass is 10.3. The van der Waals surface area contributed by atoms with Gasteiger partial charge in [0.15, 0.2) is 0 Å². The van der Waals surface area contributed by atoms with E-state index in [1.165, 1.54) is 4.88 Å². The second-order valence-electron chi connectivity index (χ2n) is 4.05. The fourth-order valence-corrected chi connectivity index (χ4v) is 3.21. The zero-order chi connectivity index (χ0) is 11.5. The van der Waals surface area contributed by atoms with Crippen molar-refractivity contribution in [1.82, 2.24) is 4.90 Å². The molecule has 1 aromatic heterocycles. The third kappa shape index (κ3) is 2.41. The van der Waals surface area contributed by atoms with Crippen LogP contribution in [0, 0.1) is 0 Å². The number of halogens is 1. The van der Waals surface area contributed by atoms with Crippen LogP contribution in [0.1, 0.15) is 34.9 Å². The second kappa shape index (κ2) is 5.19. The number of amides is 1. The summed E-state index contributed by atoms with van der Waals surface area (Å²) in [6.07, 6.45) is 3.23. The summed E-state index contributed by atoms with van der Waals surface area (Å²) >= 11 is 7.87. The van der Waals surface area contributed by atoms with E-state index in [-0.39, 0.29) is 5.91 Å². The third-order valence-electron chi connectivity index (χ3n) is 2.92. The van der Waals surface area contributed by atoms with Crippen molar-refractivity contribution in [2.45, 2.75) is 31.6 Å². The number of nitrogens with zero attached hydrogens (tertiary/aromatic N) is 1. The largest absolute Gasteiger partial charge is 0.341 e. The maximum absolute atomic E-state index is 12.0. The van der Waals surface area contributed by atoms with Gasteiger partial charge >= 0.3 is 0 Å². The maximum atomic E-state index is 12.0. The standard InChI is InChI=1S/C12H16ClNOS/c1-2-9-5-6-10(16-9)11(13)12(15)14-7-3-4-8-14/h5-6,11H,2-4,7-8H2,1H3. The van der Waals surface area contributed by atoms with Crippen molar-refractivity contribution in [1.29, 1.82) is 0 Å². The molecule has 0 aromatic carbocycles. The number of hydrogen-bond acceptors (Lipinski definition) is 2. The van der Waals surface area contributed by atoms with Crippen LogP contribution in [0.5, 0.6) is 0 Å². The van der Waals surface area contributed by atoms with Gasteiger partial charge in [-0.2, -0.15) is 0 Å². The predicted molar refractivity (Wildman–Crippen MR) is 68.1 cm³/mol. The average molecular weight is 258 g/mol. The Balaban J connectivity index is 2.05. The summed E-state index contributed by atoms with van der Waals surface area (Å²) in [5.41, 5.74) is 0. The topological polar surface area (TPSA) is 20.3 Å². The first-order chi connectivity index (χ1) is 7.72. The fourth-order valence-electron chi connectivity index (χ4n) is 1.94. The van der Waals surface area contributed by atoms with E-state index < -0.39 is 5.38 Å². The molecule has 4 heteroatoms. The summed E-state index contributed by atoms with van der Waals surface area (Å²) in [6.45, 7) is 3.85. The zero-order valence-electron chi connectivity index (χ0n) is 9.41. The normalized spacial score (nSPS) is 17.8. The number of alkyl halides is 1. The number of rotatable bonds is 3. The summed E-state index contributed by atoms with van der Waals surface area (Å²) in [7, 11) is 0. The van der Waals surface area contributed by atoms with Crippen LogP contribution < -0.4 is 0 Å². The maximum Gasteiger partial charge on any atom is 0.246 e. The number of likely N-dealkylation sites (tertiary alicyclic amines) is 1. The van der Waals surface area contributed by atoms with E-state index >= 15 is 0 Å². The Morgan fingerprint density at radius 1 is 1.50 bits per heavy atom. The summed E-state index contributed by atoms with van der Waals surface area (Å²) < 4.78 is 0. The molecule has 1 unspecified atom stereocenters. The Morgan fingerprint density at radius 3 is 2.75 bits per heavy atom. The molecule has 88 valence electrons. The van der Waals surface area contributed by atoms with E-state index in [2.05, 4.69) is 13.0 Å². The number of thiophene rings is 1. The summed E-state index contributed by atoms with van der Waals surface area (Å²) in [4.78, 5) is 16.2. The Hall–Kier alpha value is -0.540. The number of carbonyl (C=O) groups is 1. The molecular weight excluding hydrogens is 242 g/mol. The number of hydrogen-bond donors (Lipinski definition) is 0. The highest BCUT2D eigenvalue weighted by Gasteiger charge is 2.26. The summed E-state index contributed by atoms with van der Waals surface area (Å²) in [5, 5.41) is -0.483. The monoisotopic (exact) mass is 257 g/mol. The minimum absolute atomic E-state index is 0.0728. The Bertz CT molecular complexity index is 371. The van der Waals surface area contributed by atoms with Crippen LogP contribution in [0.3, 0.4) is 0 Å². The molecule has 2 heterocycles. The number of carbonyl (C=O) groups excluding carboxylic acids is 1. The van der Waals surface area contributed by atoms with Gasteiger partial charge in [0, 0.05) is 22.8 Å². The van der Waals surface area contributed by atoms with E-state index in [1.54, 1.807) is 11.3 Å². The highest BCUT2D eigenvalue weighted by Crippen LogP contribution is 2.30. The quantitative estimate of drug-likeness (QED) is 0.762. The highest BCUT2D eigenvalue weighted by molar-refractivity contribution is 7.12. The molecule has 16 heavy (non-hydrogen) atoms. The smallest absolute Gasteiger partial charge is 0.246 e. The first-order valence-corrected chi connectivity index (χ1v) is 6.99. The predicted octanol–water partition coefficient (Wildman–Crippen LogP) is 3.21. The van der Waals surface area contributed by atoms with Gasteiger partial charge in [0.1, 0.15) is 5.38 Å². The lowest BCUT2D eigenvalue weighted by molar-refractivity contribution is -0.129. The molecule has 0 aliphatic carbocycles. The lowest BCUT2D eigenvalue weighted by Crippen LogP contribution is -2.30. The van der Waals surface area contributed by atoms with E-state index in [4.69, 9.17) is 11.6 Å². The molecule has 1 aromatic rings. The minimum atomic E-state index is -0.483. The Labute approximate surface area is 105 Å². The highest BCUT2D eigenvalue weighted by atomic mass is 35.5. The molecule has 1 atom stereocenters. The lowest BCUT2D eigenvalue weighted by Gasteiger charge is -2.18. The van der Waals surface area contributed by atoms with Crippen molar-refractivity contribution >= 4 is 28.8 Å². The Kier molecular flexibility index (Phi) is 3.87. The molecule has 1 saturated heterocycles. The van der Waals surface area contributed by atoms with E-state index in [0.29, 0.717) is 0 Å². The van der Waals surface area contributed by atoms with Gasteiger partial charge < -0.3 is 4.90 Å². The van der Waals surface area contributed by atoms with Gasteiger partial charge in [-0.15, -0.1) is 22.9 Å². The molecule has 0 spiro atoms. The van der Waals surface area contributed by atoms with Crippen LogP contribution in [0.15, 0.2) is 12.1 Å². The minimum Gasteiger partial charge on any atom is -0.341 e. The van der Waals surface area contributed by atoms with Gasteiger partial charge in [-0.3, -0.25) is 4.79 Å². The molecule has 1 fully saturated rings. The fraction of sp³-hybridized carbons (Fsp3) is 0.583. The molecule has 0 N–H and O–H groups in total. The van der Waals surface area contributed by atoms with Gasteiger partial charge in [0.25, 0.3) is 0 Å². The molecule has 1 aliphatic rings. The molecule has 2 nitrogen and oxygen atoms in total. The van der Waals surface area contributed by atoms with Gasteiger partial charge in [-0.1, -0.05) is 6.92 Å². The number of aryl methyl sites for hydroxylation is 1. The van der Waals surface area contributed by atoms with E-state index in [9.17, 15) is 4.79 Å². The molecule has 0 bridgehead atoms. The first-order valence-electron chi connectivity index (χ1n) is 5.74. The second-order valence-corrected chi connectivity index (χ2v) is 5.69. The van der Waals surface area contributed by atoms with Crippen LogP contribution in [-0.4, -0.2) is 23.9 Å². The summed E-state index contributed by atoms with van der Waals surface area (Å²) in [6, 6.07) is 4.04. The van der Waals surface area contributed by atoms with Crippen molar-refractivity contribution < 1.29 is 4.79 Å². The van der Waals surface area contributed by atoms with Crippen LogP contribution in [-0.2, 0) is 11.2 Å². The van der Waals surface area contributed by atoms with Crippen LogP contribution in [0.4, 0.5) is 0 Å². The zero-order valence-corrected chi connectivity index (χ0v) is 11.0. The van der Waals surface area contributed by atoms with Gasteiger partial charge in [-0.05, 0) is 31.4 Å². The molecular formula is C12H16ClNOS. The van der Waals surface area contributed by atoms with Crippen molar-refractivity contribution in [2.24, 2.45) is 0 Å². The van der Waals surface area contributed by atoms with E-state index in [1.807, 2.05) is 11.0 Å². The molecule has 0 saturated carbocycles. The summed E-state index contributed by atoms with van der Waals surface area (Å²) in [5.74, 6) is 0.0728. The van der Waals surface area contributed by atoms with Gasteiger partial charge in [-0.25, -0.2) is 0 Å². The SMILES string of the molecule is CCc1ccc(C(Cl)C(=O)N2CCCC2)s1. The van der Waals surface area contributed by atoms with Crippen molar-refractivity contribution in [2.75, 3.05) is 13.1 Å². The molecule has 2 rings (SSSR count). The first kappa shape index (κ1) is 11.9. The van der Waals surface area contributed by atoms with Gasteiger partial charge in [0.2, 0.25) is 5.91 Å². The van der Waals surface area contributed by atoms with Crippen LogP contribution in [0.25, 0.3) is 0 Å². The van der Waals surface area contributed by atoms with Crippen molar-refractivity contribution in [3.05, 3.63) is 21.9 Å². The van der Waals surface area contributed by atoms with E-state index in [0.717, 1.165) is 37.2 Å². The molecule has 0 radical (unpaired) electrons. The third-order valence-corrected chi connectivity index (χ3v) is 4.76.